The lowest BCUT2D eigenvalue weighted by atomic mass is 9.53. The summed E-state index contributed by atoms with van der Waals surface area (Å²) in [7, 11) is 0. The van der Waals surface area contributed by atoms with Crippen molar-refractivity contribution < 1.29 is 0 Å². The normalized spacial score (nSPS) is 37.0. The molecular formula is C22H32. The van der Waals surface area contributed by atoms with Gasteiger partial charge in [-0.2, -0.15) is 0 Å². The third-order valence-corrected chi connectivity index (χ3v) is 7.50. The van der Waals surface area contributed by atoms with Crippen LogP contribution in [0.3, 0.4) is 0 Å². The zero-order chi connectivity index (χ0) is 16.1. The maximum Gasteiger partial charge on any atom is -0.00607 e. The Bertz CT molecular complexity index is 676. The Labute approximate surface area is 136 Å². The molecule has 0 radical (unpaired) electrons. The Kier molecular flexibility index (Phi) is 2.57. The van der Waals surface area contributed by atoms with Crippen molar-refractivity contribution in [3.8, 4) is 0 Å². The van der Waals surface area contributed by atoms with Crippen LogP contribution in [-0.2, 0) is 21.7 Å². The first-order chi connectivity index (χ1) is 10.0. The van der Waals surface area contributed by atoms with Gasteiger partial charge in [0.1, 0.15) is 0 Å². The molecule has 2 unspecified atom stereocenters. The van der Waals surface area contributed by atoms with Gasteiger partial charge in [0, 0.05) is 0 Å². The molecule has 0 aliphatic heterocycles. The van der Waals surface area contributed by atoms with Crippen LogP contribution in [0.5, 0.6) is 0 Å². The highest BCUT2D eigenvalue weighted by molar-refractivity contribution is 5.62. The Balaban J connectivity index is 2.16. The van der Waals surface area contributed by atoms with Crippen LogP contribution in [-0.4, -0.2) is 0 Å². The number of hydrogen-bond acceptors (Lipinski definition) is 0. The second-order valence-electron chi connectivity index (χ2n) is 10.4. The van der Waals surface area contributed by atoms with Gasteiger partial charge in [-0.1, -0.05) is 47.6 Å². The Morgan fingerprint density at radius 3 is 1.95 bits per heavy atom. The van der Waals surface area contributed by atoms with E-state index in [2.05, 4.69) is 54.5 Å². The van der Waals surface area contributed by atoms with E-state index in [1.54, 1.807) is 27.8 Å². The van der Waals surface area contributed by atoms with Crippen molar-refractivity contribution in [3.63, 3.8) is 0 Å². The predicted molar refractivity (Wildman–Crippen MR) is 95.0 cm³/mol. The molecule has 120 valence electrons. The van der Waals surface area contributed by atoms with E-state index in [1.807, 2.05) is 0 Å². The molecule has 3 aliphatic rings. The van der Waals surface area contributed by atoms with E-state index >= 15 is 0 Å². The molecule has 0 saturated heterocycles. The van der Waals surface area contributed by atoms with Gasteiger partial charge >= 0.3 is 0 Å². The molecule has 0 nitrogen and oxygen atoms in total. The summed E-state index contributed by atoms with van der Waals surface area (Å²) >= 11 is 0. The minimum atomic E-state index is 0.344. The SMILES string of the molecule is Cc1cc2c3c4c1C(C)(C)CCC4(C)CCC3(C)CC2(C)C. The van der Waals surface area contributed by atoms with E-state index in [-0.39, 0.29) is 0 Å². The van der Waals surface area contributed by atoms with Crippen molar-refractivity contribution in [3.05, 3.63) is 33.9 Å². The molecule has 0 aromatic heterocycles. The van der Waals surface area contributed by atoms with E-state index in [1.165, 1.54) is 32.1 Å². The quantitative estimate of drug-likeness (QED) is 0.546. The van der Waals surface area contributed by atoms with Crippen molar-refractivity contribution in [2.45, 2.75) is 102 Å². The average molecular weight is 296 g/mol. The summed E-state index contributed by atoms with van der Waals surface area (Å²) < 4.78 is 0. The van der Waals surface area contributed by atoms with Crippen molar-refractivity contribution in [1.82, 2.24) is 0 Å². The van der Waals surface area contributed by atoms with Gasteiger partial charge < -0.3 is 0 Å². The van der Waals surface area contributed by atoms with Crippen LogP contribution in [0.2, 0.25) is 0 Å². The first-order valence-corrected chi connectivity index (χ1v) is 9.20. The van der Waals surface area contributed by atoms with Gasteiger partial charge in [0.15, 0.2) is 0 Å². The molecule has 0 bridgehead atoms. The molecule has 4 rings (SSSR count). The lowest BCUT2D eigenvalue weighted by Gasteiger charge is -2.51. The van der Waals surface area contributed by atoms with Crippen LogP contribution in [0.25, 0.3) is 0 Å². The minimum Gasteiger partial charge on any atom is -0.0558 e. The van der Waals surface area contributed by atoms with E-state index < -0.39 is 0 Å². The maximum atomic E-state index is 2.57. The van der Waals surface area contributed by atoms with Gasteiger partial charge in [0.2, 0.25) is 0 Å². The monoisotopic (exact) mass is 296 g/mol. The Hall–Kier alpha value is -0.780. The average Bonchev–Trinajstić information content (AvgIpc) is 2.59. The number of rotatable bonds is 0. The van der Waals surface area contributed by atoms with E-state index in [9.17, 15) is 0 Å². The van der Waals surface area contributed by atoms with E-state index in [4.69, 9.17) is 0 Å². The van der Waals surface area contributed by atoms with Crippen molar-refractivity contribution in [2.75, 3.05) is 0 Å². The molecule has 3 aliphatic carbocycles. The summed E-state index contributed by atoms with van der Waals surface area (Å²) in [4.78, 5) is 0. The third kappa shape index (κ3) is 1.60. The standard InChI is InChI=1S/C22H32/c1-14-12-15-17-18-16(14)19(2,3)8-9-21(18,6)10-11-22(17,7)13-20(15,4)5/h12H,8-11,13H2,1-7H3. The van der Waals surface area contributed by atoms with Crippen molar-refractivity contribution in [1.29, 1.82) is 0 Å². The molecule has 2 atom stereocenters. The van der Waals surface area contributed by atoms with Gasteiger partial charge in [0.05, 0.1) is 0 Å². The molecule has 0 heterocycles. The van der Waals surface area contributed by atoms with Gasteiger partial charge in [0.25, 0.3) is 0 Å². The molecule has 0 amide bonds. The second kappa shape index (κ2) is 3.82. The maximum absolute atomic E-state index is 2.57. The Morgan fingerprint density at radius 1 is 0.682 bits per heavy atom. The van der Waals surface area contributed by atoms with Crippen LogP contribution in [0, 0.1) is 6.92 Å². The lowest BCUT2D eigenvalue weighted by Crippen LogP contribution is -2.43. The molecule has 0 saturated carbocycles. The molecule has 1 aromatic rings. The zero-order valence-electron chi connectivity index (χ0n) is 15.6. The fourth-order valence-electron chi connectivity index (χ4n) is 6.47. The van der Waals surface area contributed by atoms with Crippen LogP contribution < -0.4 is 0 Å². The first kappa shape index (κ1) is 14.8. The first-order valence-electron chi connectivity index (χ1n) is 9.20. The summed E-state index contributed by atoms with van der Waals surface area (Å²) in [6, 6.07) is 2.57. The largest absolute Gasteiger partial charge is 0.0558 e. The molecule has 22 heavy (non-hydrogen) atoms. The summed E-state index contributed by atoms with van der Waals surface area (Å²) in [5, 5.41) is 0. The Morgan fingerprint density at radius 2 is 1.27 bits per heavy atom. The molecule has 1 aromatic carbocycles. The fourth-order valence-corrected chi connectivity index (χ4v) is 6.47. The van der Waals surface area contributed by atoms with Crippen LogP contribution in [0.4, 0.5) is 0 Å². The fraction of sp³-hybridized carbons (Fsp3) is 0.727. The topological polar surface area (TPSA) is 0 Å². The van der Waals surface area contributed by atoms with Crippen LogP contribution >= 0.6 is 0 Å². The number of benzene rings is 1. The van der Waals surface area contributed by atoms with Crippen molar-refractivity contribution >= 4 is 0 Å². The highest BCUT2D eigenvalue weighted by Crippen LogP contribution is 2.63. The molecule has 0 N–H and O–H groups in total. The molecule has 0 spiro atoms. The summed E-state index contributed by atoms with van der Waals surface area (Å²) in [5.74, 6) is 0. The van der Waals surface area contributed by atoms with Gasteiger partial charge in [-0.15, -0.1) is 0 Å². The van der Waals surface area contributed by atoms with Gasteiger partial charge in [-0.3, -0.25) is 0 Å². The lowest BCUT2D eigenvalue weighted by molar-refractivity contribution is 0.227. The van der Waals surface area contributed by atoms with Crippen LogP contribution in [0.1, 0.15) is 101 Å². The summed E-state index contributed by atoms with van der Waals surface area (Å²) in [6.07, 6.45) is 6.83. The van der Waals surface area contributed by atoms with E-state index in [0.717, 1.165) is 0 Å². The van der Waals surface area contributed by atoms with Crippen molar-refractivity contribution in [2.24, 2.45) is 0 Å². The second-order valence-corrected chi connectivity index (χ2v) is 10.4. The van der Waals surface area contributed by atoms with Gasteiger partial charge in [-0.25, -0.2) is 0 Å². The molecule has 0 fully saturated rings. The summed E-state index contributed by atoms with van der Waals surface area (Å²) in [6.45, 7) is 17.4. The van der Waals surface area contributed by atoms with Gasteiger partial charge in [-0.05, 0) is 88.5 Å². The number of aryl methyl sites for hydroxylation is 1. The van der Waals surface area contributed by atoms with E-state index in [0.29, 0.717) is 21.7 Å². The van der Waals surface area contributed by atoms with Crippen LogP contribution in [0.15, 0.2) is 6.07 Å². The zero-order valence-corrected chi connectivity index (χ0v) is 15.6. The minimum absolute atomic E-state index is 0.344. The predicted octanol–water partition coefficient (Wildman–Crippen LogP) is 6.06. The smallest absolute Gasteiger partial charge is 0.00607 e. The molecular weight excluding hydrogens is 264 g/mol. The summed E-state index contributed by atoms with van der Waals surface area (Å²) in [5.41, 5.74) is 10.1. The number of hydrogen-bond donors (Lipinski definition) is 0. The third-order valence-electron chi connectivity index (χ3n) is 7.50. The highest BCUT2D eigenvalue weighted by atomic mass is 14.6. The highest BCUT2D eigenvalue weighted by Gasteiger charge is 2.55. The molecule has 0 heteroatoms.